The van der Waals surface area contributed by atoms with Crippen molar-refractivity contribution in [2.24, 2.45) is 0 Å². The Labute approximate surface area is 120 Å². The van der Waals surface area contributed by atoms with Gasteiger partial charge in [0.1, 0.15) is 0 Å². The van der Waals surface area contributed by atoms with Crippen molar-refractivity contribution < 1.29 is 13.6 Å². The number of alkyl halides is 2. The van der Waals surface area contributed by atoms with Gasteiger partial charge in [-0.25, -0.2) is 0 Å². The van der Waals surface area contributed by atoms with Gasteiger partial charge >= 0.3 is 0 Å². The van der Waals surface area contributed by atoms with Gasteiger partial charge in [0, 0.05) is 10.5 Å². The van der Waals surface area contributed by atoms with E-state index in [2.05, 4.69) is 5.32 Å². The summed E-state index contributed by atoms with van der Waals surface area (Å²) in [4.78, 5) is 12.4. The maximum atomic E-state index is 12.5. The summed E-state index contributed by atoms with van der Waals surface area (Å²) >= 11 is 0.417. The molecule has 0 unspecified atom stereocenters. The molecule has 5 heteroatoms. The van der Waals surface area contributed by atoms with Crippen molar-refractivity contribution in [3.05, 3.63) is 59.7 Å². The molecule has 0 aliphatic rings. The molecular formula is C15H13F2NOS. The van der Waals surface area contributed by atoms with Crippen LogP contribution in [0.15, 0.2) is 53.4 Å². The predicted molar refractivity (Wildman–Crippen MR) is 77.4 cm³/mol. The van der Waals surface area contributed by atoms with Crippen LogP contribution in [-0.2, 0) is 0 Å². The number of carbonyl (C=O) groups is 1. The number of carbonyl (C=O) groups excluding carboxylic acids is 1. The van der Waals surface area contributed by atoms with Crippen LogP contribution in [0.25, 0.3) is 0 Å². The molecule has 2 nitrogen and oxygen atoms in total. The molecule has 0 heterocycles. The summed E-state index contributed by atoms with van der Waals surface area (Å²) in [5.41, 5.74) is 1.94. The van der Waals surface area contributed by atoms with E-state index >= 15 is 0 Å². The maximum absolute atomic E-state index is 12.5. The highest BCUT2D eigenvalue weighted by Gasteiger charge is 2.12. The zero-order chi connectivity index (χ0) is 14.5. The van der Waals surface area contributed by atoms with Crippen LogP contribution in [-0.4, -0.2) is 11.7 Å². The first-order chi connectivity index (χ1) is 9.56. The standard InChI is InChI=1S/C15H13F2NOS/c1-10-6-8-11(9-7-10)14(19)18-12-4-2-3-5-13(12)20-15(16)17/h2-9,15H,1H3,(H,18,19). The van der Waals surface area contributed by atoms with Gasteiger partial charge in [0.15, 0.2) is 0 Å². The molecule has 0 aliphatic carbocycles. The van der Waals surface area contributed by atoms with Crippen molar-refractivity contribution in [2.45, 2.75) is 17.6 Å². The lowest BCUT2D eigenvalue weighted by atomic mass is 10.1. The second-order valence-corrected chi connectivity index (χ2v) is 5.23. The van der Waals surface area contributed by atoms with Crippen molar-refractivity contribution >= 4 is 23.4 Å². The summed E-state index contributed by atoms with van der Waals surface area (Å²) in [7, 11) is 0. The normalized spacial score (nSPS) is 10.6. The van der Waals surface area contributed by atoms with Gasteiger partial charge in [-0.05, 0) is 31.2 Å². The van der Waals surface area contributed by atoms with Gasteiger partial charge in [0.05, 0.1) is 5.69 Å². The lowest BCUT2D eigenvalue weighted by Crippen LogP contribution is -2.12. The lowest BCUT2D eigenvalue weighted by molar-refractivity contribution is 0.102. The van der Waals surface area contributed by atoms with Gasteiger partial charge in [-0.2, -0.15) is 8.78 Å². The summed E-state index contributed by atoms with van der Waals surface area (Å²) in [6.45, 7) is 1.93. The summed E-state index contributed by atoms with van der Waals surface area (Å²) in [5, 5.41) is 2.66. The van der Waals surface area contributed by atoms with Gasteiger partial charge in [-0.1, -0.05) is 41.6 Å². The van der Waals surface area contributed by atoms with Gasteiger partial charge in [0.25, 0.3) is 11.7 Å². The Kier molecular flexibility index (Phi) is 4.74. The minimum absolute atomic E-state index is 0.313. The molecule has 104 valence electrons. The molecule has 2 aromatic rings. The smallest absolute Gasteiger partial charge is 0.288 e. The molecule has 0 aliphatic heterocycles. The van der Waals surface area contributed by atoms with Crippen LogP contribution in [0.1, 0.15) is 15.9 Å². The number of para-hydroxylation sites is 1. The van der Waals surface area contributed by atoms with Crippen LogP contribution in [0.2, 0.25) is 0 Å². The molecule has 0 aromatic heterocycles. The lowest BCUT2D eigenvalue weighted by Gasteiger charge is -2.10. The SMILES string of the molecule is Cc1ccc(C(=O)Nc2ccccc2SC(F)F)cc1. The molecule has 0 spiro atoms. The van der Waals surface area contributed by atoms with E-state index in [9.17, 15) is 13.6 Å². The topological polar surface area (TPSA) is 29.1 Å². The first kappa shape index (κ1) is 14.5. The zero-order valence-corrected chi connectivity index (χ0v) is 11.6. The first-order valence-electron chi connectivity index (χ1n) is 5.98. The van der Waals surface area contributed by atoms with E-state index in [0.29, 0.717) is 27.9 Å². The number of halogens is 2. The van der Waals surface area contributed by atoms with Gasteiger partial charge < -0.3 is 5.32 Å². The molecule has 0 radical (unpaired) electrons. The highest BCUT2D eigenvalue weighted by atomic mass is 32.2. The van der Waals surface area contributed by atoms with E-state index in [1.54, 1.807) is 36.4 Å². The Morgan fingerprint density at radius 1 is 1.10 bits per heavy atom. The largest absolute Gasteiger partial charge is 0.321 e. The van der Waals surface area contributed by atoms with Crippen LogP contribution in [0.4, 0.5) is 14.5 Å². The van der Waals surface area contributed by atoms with Crippen molar-refractivity contribution in [1.82, 2.24) is 0 Å². The summed E-state index contributed by atoms with van der Waals surface area (Å²) in [6, 6.07) is 13.6. The van der Waals surface area contributed by atoms with E-state index in [1.165, 1.54) is 0 Å². The molecule has 2 rings (SSSR count). The second kappa shape index (κ2) is 6.52. The molecule has 0 atom stereocenters. The van der Waals surface area contributed by atoms with E-state index in [4.69, 9.17) is 0 Å². The highest BCUT2D eigenvalue weighted by Crippen LogP contribution is 2.31. The number of nitrogens with one attached hydrogen (secondary N) is 1. The molecular weight excluding hydrogens is 280 g/mol. The Morgan fingerprint density at radius 3 is 2.40 bits per heavy atom. The van der Waals surface area contributed by atoms with E-state index in [-0.39, 0.29) is 5.91 Å². The maximum Gasteiger partial charge on any atom is 0.288 e. The van der Waals surface area contributed by atoms with Crippen molar-refractivity contribution in [2.75, 3.05) is 5.32 Å². The van der Waals surface area contributed by atoms with Gasteiger partial charge in [0.2, 0.25) is 0 Å². The van der Waals surface area contributed by atoms with Crippen molar-refractivity contribution in [3.63, 3.8) is 0 Å². The third-order valence-corrected chi connectivity index (χ3v) is 3.45. The summed E-state index contributed by atoms with van der Waals surface area (Å²) in [6.07, 6.45) is 0. The Morgan fingerprint density at radius 2 is 1.75 bits per heavy atom. The molecule has 1 N–H and O–H groups in total. The molecule has 2 aromatic carbocycles. The van der Waals surface area contributed by atoms with Gasteiger partial charge in [-0.15, -0.1) is 0 Å². The summed E-state index contributed by atoms with van der Waals surface area (Å²) < 4.78 is 24.9. The minimum atomic E-state index is -2.52. The molecule has 0 bridgehead atoms. The van der Waals surface area contributed by atoms with E-state index < -0.39 is 5.76 Å². The van der Waals surface area contributed by atoms with Crippen LogP contribution in [0, 0.1) is 6.92 Å². The zero-order valence-electron chi connectivity index (χ0n) is 10.8. The van der Waals surface area contributed by atoms with Crippen molar-refractivity contribution in [3.8, 4) is 0 Å². The Hall–Kier alpha value is -1.88. The monoisotopic (exact) mass is 293 g/mol. The van der Waals surface area contributed by atoms with Crippen LogP contribution in [0.3, 0.4) is 0 Å². The fourth-order valence-corrected chi connectivity index (χ4v) is 2.26. The summed E-state index contributed by atoms with van der Waals surface area (Å²) in [5.74, 6) is -2.83. The number of aryl methyl sites for hydroxylation is 1. The average Bonchev–Trinajstić information content (AvgIpc) is 2.41. The predicted octanol–water partition coefficient (Wildman–Crippen LogP) is 4.56. The van der Waals surface area contributed by atoms with Gasteiger partial charge in [-0.3, -0.25) is 4.79 Å². The Balaban J connectivity index is 2.17. The molecule has 0 fully saturated rings. The number of amides is 1. The van der Waals surface area contributed by atoms with Crippen LogP contribution in [0.5, 0.6) is 0 Å². The minimum Gasteiger partial charge on any atom is -0.321 e. The number of hydrogen-bond donors (Lipinski definition) is 1. The van der Waals surface area contributed by atoms with Crippen LogP contribution >= 0.6 is 11.8 Å². The Bertz CT molecular complexity index is 599. The number of hydrogen-bond acceptors (Lipinski definition) is 2. The fraction of sp³-hybridized carbons (Fsp3) is 0.133. The number of anilines is 1. The van der Waals surface area contributed by atoms with Crippen molar-refractivity contribution in [1.29, 1.82) is 0 Å². The highest BCUT2D eigenvalue weighted by molar-refractivity contribution is 7.99. The number of thioether (sulfide) groups is 1. The second-order valence-electron chi connectivity index (χ2n) is 4.19. The molecule has 0 saturated carbocycles. The number of rotatable bonds is 4. The fourth-order valence-electron chi connectivity index (χ4n) is 1.67. The van der Waals surface area contributed by atoms with E-state index in [1.807, 2.05) is 19.1 Å². The molecule has 20 heavy (non-hydrogen) atoms. The third-order valence-electron chi connectivity index (χ3n) is 2.67. The first-order valence-corrected chi connectivity index (χ1v) is 6.86. The quantitative estimate of drug-likeness (QED) is 0.837. The number of benzene rings is 2. The average molecular weight is 293 g/mol. The molecule has 1 amide bonds. The van der Waals surface area contributed by atoms with E-state index in [0.717, 1.165) is 5.56 Å². The molecule has 0 saturated heterocycles. The third kappa shape index (κ3) is 3.81. The van der Waals surface area contributed by atoms with Crippen LogP contribution < -0.4 is 5.32 Å².